The molecule has 2 aromatic carbocycles. The molecule has 0 saturated carbocycles. The maximum absolute atomic E-state index is 14.6. The van der Waals surface area contributed by atoms with Crippen LogP contribution in [0.3, 0.4) is 0 Å². The van der Waals surface area contributed by atoms with Gasteiger partial charge in [-0.05, 0) is 48.7 Å². The number of benzene rings is 2. The Morgan fingerprint density at radius 2 is 2.00 bits per heavy atom. The molecule has 2 amide bonds. The van der Waals surface area contributed by atoms with E-state index in [9.17, 15) is 18.4 Å². The highest BCUT2D eigenvalue weighted by Gasteiger charge is 2.31. The lowest BCUT2D eigenvalue weighted by Crippen LogP contribution is -2.28. The van der Waals surface area contributed by atoms with Crippen LogP contribution in [0.15, 0.2) is 36.7 Å². The van der Waals surface area contributed by atoms with Crippen molar-refractivity contribution in [2.24, 2.45) is 7.05 Å². The molecule has 33 heavy (non-hydrogen) atoms. The van der Waals surface area contributed by atoms with Crippen molar-refractivity contribution in [3.8, 4) is 0 Å². The number of ether oxygens (including phenoxy) is 1. The number of amides is 2. The Morgan fingerprint density at radius 1 is 1.24 bits per heavy atom. The van der Waals surface area contributed by atoms with E-state index in [4.69, 9.17) is 16.3 Å². The topological polar surface area (TPSA) is 98.1 Å². The number of nitrogens with zero attached hydrogens (tertiary/aromatic N) is 3. The lowest BCUT2D eigenvalue weighted by molar-refractivity contribution is 0.102. The smallest absolute Gasteiger partial charge is 0.408 e. The first-order valence-electron chi connectivity index (χ1n) is 9.67. The van der Waals surface area contributed by atoms with Crippen molar-refractivity contribution in [1.82, 2.24) is 20.1 Å². The van der Waals surface area contributed by atoms with Crippen LogP contribution in [0.4, 0.5) is 19.3 Å². The number of fused-ring (bicyclic) bond motifs is 1. The van der Waals surface area contributed by atoms with Crippen molar-refractivity contribution in [2.45, 2.75) is 25.5 Å². The largest absolute Gasteiger partial charge is 0.441 e. The molecule has 1 aliphatic carbocycles. The number of carbonyl (C=O) groups is 2. The van der Waals surface area contributed by atoms with Gasteiger partial charge in [0, 0.05) is 23.9 Å². The van der Waals surface area contributed by atoms with Crippen LogP contribution in [0.25, 0.3) is 0 Å². The molecular formula is C21H20ClF2N5O3S. The fourth-order valence-corrected chi connectivity index (χ4v) is 3.79. The highest BCUT2D eigenvalue weighted by molar-refractivity contribution is 7.59. The van der Waals surface area contributed by atoms with Gasteiger partial charge in [-0.3, -0.25) is 9.48 Å². The van der Waals surface area contributed by atoms with Crippen LogP contribution in [0.2, 0.25) is 5.02 Å². The summed E-state index contributed by atoms with van der Waals surface area (Å²) in [5, 5.41) is 9.14. The Hall–Kier alpha value is -3.18. The molecule has 0 bridgehead atoms. The van der Waals surface area contributed by atoms with E-state index in [2.05, 4.69) is 20.7 Å². The zero-order chi connectivity index (χ0) is 22.8. The second-order valence-electron chi connectivity index (χ2n) is 7.22. The van der Waals surface area contributed by atoms with Gasteiger partial charge in [0.1, 0.15) is 18.0 Å². The molecule has 0 radical (unpaired) electrons. The molecule has 1 heterocycles. The highest BCUT2D eigenvalue weighted by Crippen LogP contribution is 2.36. The Balaban J connectivity index is 0.00000306. The highest BCUT2D eigenvalue weighted by atomic mass is 35.5. The number of aromatic nitrogens is 3. The summed E-state index contributed by atoms with van der Waals surface area (Å²) in [5.41, 5.74) is 1.30. The minimum absolute atomic E-state index is 0. The minimum atomic E-state index is -0.745. The summed E-state index contributed by atoms with van der Waals surface area (Å²) in [6.07, 6.45) is 1.51. The van der Waals surface area contributed by atoms with Gasteiger partial charge < -0.3 is 15.4 Å². The fourth-order valence-electron chi connectivity index (χ4n) is 3.61. The first-order chi connectivity index (χ1) is 15.3. The van der Waals surface area contributed by atoms with Crippen LogP contribution in [-0.4, -0.2) is 26.8 Å². The standard InChI is InChI=1S/C21H18ClF2N5O3.H2S/c1-29-10-25-18(28-29)9-32-21(31)27-17-7-4-12-13(3-6-16(24)19(12)17)20(30)26-11-2-5-15(23)14(22)8-11;/h2-3,5-6,8,10,17H,4,7,9H2,1H3,(H,26,30)(H,27,31);1H2/t17-;/m0./s1. The van der Waals surface area contributed by atoms with Crippen LogP contribution in [-0.2, 0) is 24.8 Å². The third kappa shape index (κ3) is 5.42. The molecule has 1 atom stereocenters. The summed E-state index contributed by atoms with van der Waals surface area (Å²) in [7, 11) is 1.69. The van der Waals surface area contributed by atoms with E-state index >= 15 is 0 Å². The quantitative estimate of drug-likeness (QED) is 0.557. The van der Waals surface area contributed by atoms with Gasteiger partial charge in [0.15, 0.2) is 12.4 Å². The second-order valence-corrected chi connectivity index (χ2v) is 7.62. The average molecular weight is 496 g/mol. The molecule has 8 nitrogen and oxygen atoms in total. The number of carbonyl (C=O) groups excluding carboxylic acids is 2. The molecule has 0 fully saturated rings. The first kappa shape index (κ1) is 24.5. The summed E-state index contributed by atoms with van der Waals surface area (Å²) in [4.78, 5) is 28.9. The number of halogens is 3. The number of anilines is 1. The van der Waals surface area contributed by atoms with Gasteiger partial charge >= 0.3 is 6.09 Å². The van der Waals surface area contributed by atoms with E-state index in [-0.39, 0.29) is 36.3 Å². The Morgan fingerprint density at radius 3 is 2.70 bits per heavy atom. The van der Waals surface area contributed by atoms with E-state index in [0.717, 1.165) is 6.07 Å². The van der Waals surface area contributed by atoms with Gasteiger partial charge in [0.05, 0.1) is 11.1 Å². The second kappa shape index (κ2) is 10.2. The van der Waals surface area contributed by atoms with E-state index in [1.54, 1.807) is 7.05 Å². The summed E-state index contributed by atoms with van der Waals surface area (Å²) in [5.74, 6) is -1.29. The van der Waals surface area contributed by atoms with Crippen molar-refractivity contribution in [1.29, 1.82) is 0 Å². The van der Waals surface area contributed by atoms with Crippen LogP contribution in [0.1, 0.15) is 39.8 Å². The van der Waals surface area contributed by atoms with Crippen LogP contribution in [0.5, 0.6) is 0 Å². The molecule has 1 aromatic heterocycles. The molecule has 0 spiro atoms. The molecular weight excluding hydrogens is 476 g/mol. The van der Waals surface area contributed by atoms with Crippen molar-refractivity contribution in [3.05, 3.63) is 75.8 Å². The number of rotatable bonds is 5. The first-order valence-corrected chi connectivity index (χ1v) is 10.0. The van der Waals surface area contributed by atoms with Crippen LogP contribution >= 0.6 is 25.1 Å². The molecule has 1 aliphatic rings. The Kier molecular flexibility index (Phi) is 7.54. The maximum atomic E-state index is 14.6. The molecule has 0 saturated heterocycles. The minimum Gasteiger partial charge on any atom is -0.441 e. The maximum Gasteiger partial charge on any atom is 0.408 e. The number of alkyl carbamates (subject to hydrolysis) is 1. The lowest BCUT2D eigenvalue weighted by atomic mass is 10.0. The van der Waals surface area contributed by atoms with Crippen LogP contribution < -0.4 is 10.6 Å². The molecule has 174 valence electrons. The summed E-state index contributed by atoms with van der Waals surface area (Å²) >= 11 is 5.75. The molecule has 0 aliphatic heterocycles. The van der Waals surface area contributed by atoms with E-state index in [0.29, 0.717) is 29.9 Å². The third-order valence-electron chi connectivity index (χ3n) is 5.03. The number of aryl methyl sites for hydroxylation is 1. The van der Waals surface area contributed by atoms with Gasteiger partial charge in [-0.1, -0.05) is 11.6 Å². The average Bonchev–Trinajstić information content (AvgIpc) is 3.36. The Bertz CT molecular complexity index is 1210. The van der Waals surface area contributed by atoms with Crippen molar-refractivity contribution < 1.29 is 23.1 Å². The van der Waals surface area contributed by atoms with Crippen molar-refractivity contribution in [2.75, 3.05) is 5.32 Å². The van der Waals surface area contributed by atoms with E-state index in [1.165, 1.54) is 35.3 Å². The lowest BCUT2D eigenvalue weighted by Gasteiger charge is -2.16. The third-order valence-corrected chi connectivity index (χ3v) is 5.32. The molecule has 2 N–H and O–H groups in total. The monoisotopic (exact) mass is 495 g/mol. The fraction of sp³-hybridized carbons (Fsp3) is 0.238. The number of hydrogen-bond donors (Lipinski definition) is 2. The summed E-state index contributed by atoms with van der Waals surface area (Å²) < 4.78 is 34.5. The van der Waals surface area contributed by atoms with Crippen molar-refractivity contribution >= 4 is 42.8 Å². The number of hydrogen-bond acceptors (Lipinski definition) is 5. The van der Waals surface area contributed by atoms with Gasteiger partial charge in [-0.15, -0.1) is 0 Å². The normalized spacial score (nSPS) is 14.2. The van der Waals surface area contributed by atoms with E-state index < -0.39 is 29.7 Å². The predicted octanol–water partition coefficient (Wildman–Crippen LogP) is 4.03. The SMILES string of the molecule is Cn1cnc(COC(=O)N[C@H]2CCc3c(C(=O)Nc4ccc(F)c(Cl)c4)ccc(F)c32)n1.S. The van der Waals surface area contributed by atoms with Gasteiger partial charge in [0.2, 0.25) is 0 Å². The van der Waals surface area contributed by atoms with Gasteiger partial charge in [0.25, 0.3) is 5.91 Å². The Labute approximate surface area is 199 Å². The molecule has 12 heteroatoms. The zero-order valence-electron chi connectivity index (χ0n) is 17.4. The van der Waals surface area contributed by atoms with Gasteiger partial charge in [-0.2, -0.15) is 18.6 Å². The van der Waals surface area contributed by atoms with Crippen molar-refractivity contribution in [3.63, 3.8) is 0 Å². The van der Waals surface area contributed by atoms with Gasteiger partial charge in [-0.25, -0.2) is 18.6 Å². The molecule has 3 aromatic rings. The number of nitrogens with one attached hydrogen (secondary N) is 2. The predicted molar refractivity (Wildman–Crippen MR) is 122 cm³/mol. The molecule has 0 unspecified atom stereocenters. The summed E-state index contributed by atoms with van der Waals surface area (Å²) in [6.45, 7) is -0.128. The molecule has 4 rings (SSSR count). The van der Waals surface area contributed by atoms with E-state index in [1.807, 2.05) is 0 Å². The summed E-state index contributed by atoms with van der Waals surface area (Å²) in [6, 6.07) is 5.70. The van der Waals surface area contributed by atoms with Crippen LogP contribution in [0, 0.1) is 11.6 Å². The zero-order valence-corrected chi connectivity index (χ0v) is 19.1.